The topological polar surface area (TPSA) is 37.3 Å². The molecule has 2 nitrogen and oxygen atoms in total. The predicted molar refractivity (Wildman–Crippen MR) is 170 cm³/mol. The van der Waals surface area contributed by atoms with Gasteiger partial charge < -0.3 is 5.11 Å². The monoisotopic (exact) mass is 1360 g/mol. The molecule has 0 atom stereocenters. The van der Waals surface area contributed by atoms with E-state index in [1.54, 1.807) is 0 Å². The highest BCUT2D eigenvalue weighted by molar-refractivity contribution is 8.18. The SMILES string of the molecule is CC(CCC(=O)O)(SCCC(F)(F)C(F)(F)C(F)(F)C(F)(F)C(F)(F)C(F)(F)C(F)(F)C(F)(F)C(F)(F)C(F)(F)C(F)(F)F)SCCC(F)(F)C(F)(F)C(F)(F)C(F)(F)C(F)(F)C(F)(F)C(F)(F)C(F)(F)C(F)(F)C(F)(F)C(F)(F)F. The van der Waals surface area contributed by atoms with Gasteiger partial charge in [-0.15, -0.1) is 23.5 Å². The van der Waals surface area contributed by atoms with Gasteiger partial charge in [-0.25, -0.2) is 0 Å². The second-order valence-corrected chi connectivity index (χ2v) is 19.4. The standard InChI is InChI=1S/C31H16F46O2S2/c1-9(3-2-8(78)79,80-6-4-10(32,33)12(36,37)14(40,41)16(44,45)18(48,49)20(52,53)22(56,57)24(60,61)26(64,65)28(68,69)30(72,73)74)81-7-5-11(34,35)13(38,39)15(42,43)17(46,47)19(50,51)21(54,55)23(58,59)25(62,63)27(66,67)29(70,71)31(75,76)77/h2-7H2,1H3,(H,78,79). The number of rotatable bonds is 29. The minimum absolute atomic E-state index is 0.00273. The third kappa shape index (κ3) is 10.9. The van der Waals surface area contributed by atoms with E-state index >= 15 is 0 Å². The van der Waals surface area contributed by atoms with Crippen molar-refractivity contribution in [3.8, 4) is 0 Å². The Morgan fingerprint density at radius 1 is 0.259 bits per heavy atom. The Bertz CT molecular complexity index is 2060. The highest BCUT2D eigenvalue weighted by atomic mass is 32.2. The molecule has 0 bridgehead atoms. The van der Waals surface area contributed by atoms with Crippen molar-refractivity contribution in [3.05, 3.63) is 0 Å². The summed E-state index contributed by atoms with van der Waals surface area (Å²) in [5.74, 6) is -192. The minimum atomic E-state index is -9.83. The quantitative estimate of drug-likeness (QED) is 0.0598. The molecule has 0 aromatic carbocycles. The number of halogens is 46. The van der Waals surface area contributed by atoms with Crippen molar-refractivity contribution in [2.45, 2.75) is 167 Å². The molecule has 50 heteroatoms. The molecule has 0 spiro atoms. The molecule has 0 aliphatic heterocycles. The third-order valence-corrected chi connectivity index (χ3v) is 13.5. The van der Waals surface area contributed by atoms with Crippen LogP contribution < -0.4 is 0 Å². The van der Waals surface area contributed by atoms with Crippen molar-refractivity contribution >= 4 is 29.5 Å². The Morgan fingerprint density at radius 3 is 0.556 bits per heavy atom. The number of hydrogen-bond acceptors (Lipinski definition) is 3. The van der Waals surface area contributed by atoms with E-state index in [1.165, 1.54) is 0 Å². The van der Waals surface area contributed by atoms with Crippen molar-refractivity contribution in [1.29, 1.82) is 0 Å². The lowest BCUT2D eigenvalue weighted by atomic mass is 9.85. The van der Waals surface area contributed by atoms with Gasteiger partial charge in [0.15, 0.2) is 0 Å². The summed E-state index contributed by atoms with van der Waals surface area (Å²) >= 11 is -2.11. The summed E-state index contributed by atoms with van der Waals surface area (Å²) in [5, 5.41) is 8.78. The fraction of sp³-hybridized carbons (Fsp3) is 0.968. The molecule has 1 N–H and O–H groups in total. The normalized spacial score (nSPS) is 16.8. The van der Waals surface area contributed by atoms with Crippen LogP contribution in [-0.4, -0.2) is 157 Å². The maximum Gasteiger partial charge on any atom is 0.460 e. The molecule has 81 heavy (non-hydrogen) atoms. The molecule has 0 amide bonds. The molecule has 0 aliphatic rings. The molecule has 0 fully saturated rings. The van der Waals surface area contributed by atoms with Crippen LogP contribution in [0.3, 0.4) is 0 Å². The minimum Gasteiger partial charge on any atom is -0.481 e. The van der Waals surface area contributed by atoms with Gasteiger partial charge in [0.2, 0.25) is 0 Å². The van der Waals surface area contributed by atoms with Gasteiger partial charge in [0.25, 0.3) is 0 Å². The van der Waals surface area contributed by atoms with Crippen LogP contribution in [-0.2, 0) is 4.79 Å². The molecule has 486 valence electrons. The lowest BCUT2D eigenvalue weighted by Gasteiger charge is -2.45. The molecule has 0 aromatic heterocycles. The van der Waals surface area contributed by atoms with Gasteiger partial charge in [-0.05, 0) is 13.3 Å². The number of thioether (sulfide) groups is 2. The van der Waals surface area contributed by atoms with Crippen LogP contribution in [0.25, 0.3) is 0 Å². The van der Waals surface area contributed by atoms with E-state index in [0.717, 1.165) is 0 Å². The van der Waals surface area contributed by atoms with Crippen LogP contribution >= 0.6 is 23.5 Å². The largest absolute Gasteiger partial charge is 0.481 e. The van der Waals surface area contributed by atoms with Crippen molar-refractivity contribution in [2.75, 3.05) is 11.5 Å². The van der Waals surface area contributed by atoms with Gasteiger partial charge in [0.05, 0.1) is 4.08 Å². The first kappa shape index (κ1) is 78.0. The average Bonchev–Trinajstić information content (AvgIpc) is 3.23. The van der Waals surface area contributed by atoms with Crippen LogP contribution in [0.1, 0.15) is 32.6 Å². The first-order chi connectivity index (χ1) is 34.3. The maximum atomic E-state index is 14.5. The summed E-state index contributed by atoms with van der Waals surface area (Å²) in [5.41, 5.74) is 0. The molecule has 0 radical (unpaired) electrons. The lowest BCUT2D eigenvalue weighted by Crippen LogP contribution is -2.77. The second kappa shape index (κ2) is 20.8. The summed E-state index contributed by atoms with van der Waals surface area (Å²) in [4.78, 5) is 11.0. The van der Waals surface area contributed by atoms with Gasteiger partial charge in [-0.3, -0.25) is 4.79 Å². The van der Waals surface area contributed by atoms with E-state index in [2.05, 4.69) is 0 Å². The molecule has 0 unspecified atom stereocenters. The molecular formula is C31H16F46O2S2. The zero-order chi connectivity index (χ0) is 66.7. The molecule has 0 saturated heterocycles. The van der Waals surface area contributed by atoms with Crippen molar-refractivity contribution in [1.82, 2.24) is 0 Å². The fourth-order valence-electron chi connectivity index (χ4n) is 5.20. The van der Waals surface area contributed by atoms with Gasteiger partial charge in [0, 0.05) is 30.8 Å². The van der Waals surface area contributed by atoms with Crippen LogP contribution in [0.15, 0.2) is 0 Å². The summed E-state index contributed by atoms with van der Waals surface area (Å²) < 4.78 is 628. The number of hydrogen-bond donors (Lipinski definition) is 1. The Morgan fingerprint density at radius 2 is 0.407 bits per heavy atom. The smallest absolute Gasteiger partial charge is 0.460 e. The first-order valence-electron chi connectivity index (χ1n) is 18.5. The number of aliphatic carboxylic acids is 1. The van der Waals surface area contributed by atoms with Gasteiger partial charge >= 0.3 is 137 Å². The molecule has 0 rings (SSSR count). The van der Waals surface area contributed by atoms with Gasteiger partial charge in [-0.2, -0.15) is 202 Å². The highest BCUT2D eigenvalue weighted by Crippen LogP contribution is 2.70. The number of carboxylic acid groups (broad SMARTS) is 1. The number of alkyl halides is 46. The highest BCUT2D eigenvalue weighted by Gasteiger charge is 3.01. The Balaban J connectivity index is 7.15. The van der Waals surface area contributed by atoms with Crippen LogP contribution in [0.4, 0.5) is 202 Å². The molecular weight excluding hydrogens is 1340 g/mol. The van der Waals surface area contributed by atoms with E-state index in [0.29, 0.717) is 0 Å². The van der Waals surface area contributed by atoms with Crippen LogP contribution in [0, 0.1) is 0 Å². The predicted octanol–water partition coefficient (Wildman–Crippen LogP) is 17.6. The number of carbonyl (C=O) groups is 1. The Labute approximate surface area is 421 Å². The molecule has 0 saturated carbocycles. The van der Waals surface area contributed by atoms with Gasteiger partial charge in [0.1, 0.15) is 0 Å². The molecule has 0 heterocycles. The lowest BCUT2D eigenvalue weighted by molar-refractivity contribution is -0.478. The second-order valence-electron chi connectivity index (χ2n) is 16.0. The third-order valence-electron chi connectivity index (χ3n) is 10.4. The Hall–Kier alpha value is -3.05. The summed E-state index contributed by atoms with van der Waals surface area (Å²) in [6.45, 7) is 0.00273. The van der Waals surface area contributed by atoms with Crippen molar-refractivity contribution in [3.63, 3.8) is 0 Å². The maximum absolute atomic E-state index is 14.5. The first-order valence-corrected chi connectivity index (χ1v) is 20.5. The number of carboxylic acids is 1. The fourth-order valence-corrected chi connectivity index (χ4v) is 8.11. The zero-order valence-electron chi connectivity index (χ0n) is 36.3. The Kier molecular flexibility index (Phi) is 20.1. The van der Waals surface area contributed by atoms with Crippen molar-refractivity contribution < 1.29 is 212 Å². The van der Waals surface area contributed by atoms with Crippen molar-refractivity contribution in [2.24, 2.45) is 0 Å². The van der Waals surface area contributed by atoms with E-state index in [4.69, 9.17) is 5.11 Å². The molecule has 0 aromatic rings. The summed E-state index contributed by atoms with van der Waals surface area (Å²) in [6.07, 6.45) is -27.5. The zero-order valence-corrected chi connectivity index (χ0v) is 37.9. The van der Waals surface area contributed by atoms with Crippen LogP contribution in [0.5, 0.6) is 0 Å². The van der Waals surface area contributed by atoms with Gasteiger partial charge in [-0.1, -0.05) is 0 Å². The average molecular weight is 1360 g/mol. The van der Waals surface area contributed by atoms with E-state index in [1.807, 2.05) is 0 Å². The molecule has 0 aliphatic carbocycles. The van der Waals surface area contributed by atoms with E-state index in [-0.39, 0.29) is 6.92 Å². The van der Waals surface area contributed by atoms with E-state index in [9.17, 15) is 207 Å². The van der Waals surface area contributed by atoms with Crippen LogP contribution in [0.2, 0.25) is 0 Å². The summed E-state index contributed by atoms with van der Waals surface area (Å²) in [6, 6.07) is 0. The summed E-state index contributed by atoms with van der Waals surface area (Å²) in [7, 11) is 0. The van der Waals surface area contributed by atoms with E-state index < -0.39 is 202 Å².